The number of nitrogens with zero attached hydrogens (tertiary/aromatic N) is 4. The Kier molecular flexibility index (Phi) is 5.74. The second kappa shape index (κ2) is 8.68. The van der Waals surface area contributed by atoms with Crippen molar-refractivity contribution in [2.75, 3.05) is 36.0 Å². The van der Waals surface area contributed by atoms with Crippen molar-refractivity contribution in [3.05, 3.63) is 70.1 Å². The van der Waals surface area contributed by atoms with Crippen LogP contribution in [0.2, 0.25) is 5.28 Å². The summed E-state index contributed by atoms with van der Waals surface area (Å²) in [6, 6.07) is 15.6. The number of thiophene rings is 1. The predicted molar refractivity (Wildman–Crippen MR) is 133 cm³/mol. The van der Waals surface area contributed by atoms with Crippen molar-refractivity contribution >= 4 is 44.7 Å². The fourth-order valence-electron chi connectivity index (χ4n) is 4.37. The number of piperazine rings is 1. The number of benzene rings is 2. The first-order valence-corrected chi connectivity index (χ1v) is 12.0. The smallest absolute Gasteiger partial charge is 0.225 e. The Hall–Kier alpha value is -2.70. The molecule has 0 amide bonds. The molecular weight excluding hydrogens is 443 g/mol. The maximum absolute atomic E-state index is 14.3. The fraction of sp³-hybridized carbons (Fsp3) is 0.280. The third-order valence-corrected chi connectivity index (χ3v) is 7.41. The molecule has 4 aromatic rings. The summed E-state index contributed by atoms with van der Waals surface area (Å²) in [7, 11) is 0. The molecule has 0 radical (unpaired) electrons. The number of fused-ring (bicyclic) bond motifs is 1. The van der Waals surface area contributed by atoms with Gasteiger partial charge in [-0.25, -0.2) is 9.37 Å². The van der Waals surface area contributed by atoms with Gasteiger partial charge in [-0.15, -0.1) is 11.3 Å². The third kappa shape index (κ3) is 3.82. The van der Waals surface area contributed by atoms with Gasteiger partial charge < -0.3 is 9.80 Å². The summed E-state index contributed by atoms with van der Waals surface area (Å²) in [4.78, 5) is 15.8. The quantitative estimate of drug-likeness (QED) is 0.328. The normalized spacial score (nSPS) is 14.4. The zero-order chi connectivity index (χ0) is 22.2. The molecule has 2 aromatic heterocycles. The van der Waals surface area contributed by atoms with Crippen LogP contribution in [0.1, 0.15) is 17.4 Å². The number of anilines is 2. The highest BCUT2D eigenvalue weighted by molar-refractivity contribution is 7.19. The molecule has 0 atom stereocenters. The van der Waals surface area contributed by atoms with Crippen LogP contribution in [0.5, 0.6) is 0 Å². The first kappa shape index (κ1) is 21.2. The van der Waals surface area contributed by atoms with Crippen LogP contribution in [0.3, 0.4) is 0 Å². The Bertz CT molecular complexity index is 1260. The van der Waals surface area contributed by atoms with E-state index in [4.69, 9.17) is 11.6 Å². The molecule has 0 saturated carbocycles. The van der Waals surface area contributed by atoms with Gasteiger partial charge in [0.1, 0.15) is 16.5 Å². The average molecular weight is 467 g/mol. The topological polar surface area (TPSA) is 32.3 Å². The summed E-state index contributed by atoms with van der Waals surface area (Å²) in [5, 5.41) is 1.34. The molecule has 0 aliphatic carbocycles. The van der Waals surface area contributed by atoms with Crippen molar-refractivity contribution in [3.8, 4) is 11.1 Å². The first-order valence-electron chi connectivity index (χ1n) is 10.9. The van der Waals surface area contributed by atoms with Gasteiger partial charge in [0.15, 0.2) is 0 Å². The standard InChI is InChI=1S/C25H24ClFN4S/c1-3-20-21(17-10-8-16(2)9-11-17)22-23(28-25(26)29-24(22)32-20)31-14-12-30(13-15-31)19-7-5-4-6-18(19)27/h4-11H,3,12-15H2,1-2H3. The van der Waals surface area contributed by atoms with E-state index in [1.807, 2.05) is 12.1 Å². The number of aryl methyl sites for hydroxylation is 2. The molecule has 5 rings (SSSR count). The van der Waals surface area contributed by atoms with Crippen molar-refractivity contribution in [2.45, 2.75) is 20.3 Å². The number of hydrogen-bond donors (Lipinski definition) is 0. The van der Waals surface area contributed by atoms with E-state index in [0.717, 1.165) is 35.5 Å². The Labute approximate surface area is 196 Å². The molecule has 0 unspecified atom stereocenters. The summed E-state index contributed by atoms with van der Waals surface area (Å²) >= 11 is 8.05. The number of rotatable bonds is 4. The van der Waals surface area contributed by atoms with Crippen LogP contribution < -0.4 is 9.80 Å². The number of halogens is 2. The van der Waals surface area contributed by atoms with Crippen LogP contribution in [0.15, 0.2) is 48.5 Å². The molecule has 0 N–H and O–H groups in total. The molecule has 0 bridgehead atoms. The van der Waals surface area contributed by atoms with Crippen molar-refractivity contribution < 1.29 is 4.39 Å². The largest absolute Gasteiger partial charge is 0.366 e. The van der Waals surface area contributed by atoms with Crippen LogP contribution in [-0.2, 0) is 6.42 Å². The van der Waals surface area contributed by atoms with E-state index in [1.54, 1.807) is 17.4 Å². The molecule has 1 aliphatic rings. The SMILES string of the molecule is CCc1sc2nc(Cl)nc(N3CCN(c4ccccc4F)CC3)c2c1-c1ccc(C)cc1. The van der Waals surface area contributed by atoms with Gasteiger partial charge in [-0.05, 0) is 42.6 Å². The molecule has 1 aliphatic heterocycles. The van der Waals surface area contributed by atoms with Crippen LogP contribution in [-0.4, -0.2) is 36.1 Å². The van der Waals surface area contributed by atoms with Gasteiger partial charge >= 0.3 is 0 Å². The number of aromatic nitrogens is 2. The minimum Gasteiger partial charge on any atom is -0.366 e. The van der Waals surface area contributed by atoms with Gasteiger partial charge in [-0.1, -0.05) is 48.9 Å². The highest BCUT2D eigenvalue weighted by Crippen LogP contribution is 2.43. The highest BCUT2D eigenvalue weighted by Gasteiger charge is 2.26. The Morgan fingerprint density at radius 3 is 2.34 bits per heavy atom. The summed E-state index contributed by atoms with van der Waals surface area (Å²) in [5.74, 6) is 0.695. The maximum Gasteiger partial charge on any atom is 0.225 e. The fourth-order valence-corrected chi connectivity index (χ4v) is 5.72. The van der Waals surface area contributed by atoms with Gasteiger partial charge in [0.05, 0.1) is 11.1 Å². The van der Waals surface area contributed by atoms with Crippen molar-refractivity contribution in [2.24, 2.45) is 0 Å². The summed E-state index contributed by atoms with van der Waals surface area (Å²) in [5.41, 5.74) is 4.27. The maximum atomic E-state index is 14.3. The van der Waals surface area contributed by atoms with Crippen LogP contribution in [0.4, 0.5) is 15.9 Å². The molecule has 4 nitrogen and oxygen atoms in total. The highest BCUT2D eigenvalue weighted by atomic mass is 35.5. The Balaban J connectivity index is 1.55. The number of para-hydroxylation sites is 1. The summed E-state index contributed by atoms with van der Waals surface area (Å²) in [6.07, 6.45) is 0.919. The van der Waals surface area contributed by atoms with E-state index in [2.05, 4.69) is 57.9 Å². The van der Waals surface area contributed by atoms with Crippen LogP contribution in [0.25, 0.3) is 21.3 Å². The second-order valence-electron chi connectivity index (χ2n) is 8.04. The molecule has 7 heteroatoms. The van der Waals surface area contributed by atoms with Crippen LogP contribution >= 0.6 is 22.9 Å². The van der Waals surface area contributed by atoms with Gasteiger partial charge in [-0.3, -0.25) is 0 Å². The van der Waals surface area contributed by atoms with Crippen LogP contribution in [0, 0.1) is 12.7 Å². The molecule has 0 spiro atoms. The minimum atomic E-state index is -0.180. The van der Waals surface area contributed by atoms with Gasteiger partial charge in [0.25, 0.3) is 0 Å². The molecule has 32 heavy (non-hydrogen) atoms. The number of hydrogen-bond acceptors (Lipinski definition) is 5. The summed E-state index contributed by atoms with van der Waals surface area (Å²) < 4.78 is 14.3. The molecule has 164 valence electrons. The molecule has 1 fully saturated rings. The van der Waals surface area contributed by atoms with E-state index in [0.29, 0.717) is 18.8 Å². The third-order valence-electron chi connectivity index (χ3n) is 6.01. The minimum absolute atomic E-state index is 0.180. The zero-order valence-corrected chi connectivity index (χ0v) is 19.7. The Morgan fingerprint density at radius 2 is 1.66 bits per heavy atom. The molecule has 2 aromatic carbocycles. The van der Waals surface area contributed by atoms with E-state index in [1.165, 1.54) is 27.6 Å². The predicted octanol–water partition coefficient (Wildman–Crippen LogP) is 6.35. The van der Waals surface area contributed by atoms with Crippen molar-refractivity contribution in [1.82, 2.24) is 9.97 Å². The molecular formula is C25H24ClFN4S. The van der Waals surface area contributed by atoms with Gasteiger partial charge in [0.2, 0.25) is 5.28 Å². The van der Waals surface area contributed by atoms with Crippen molar-refractivity contribution in [3.63, 3.8) is 0 Å². The lowest BCUT2D eigenvalue weighted by molar-refractivity contribution is 0.596. The lowest BCUT2D eigenvalue weighted by Crippen LogP contribution is -2.47. The van der Waals surface area contributed by atoms with E-state index >= 15 is 0 Å². The average Bonchev–Trinajstić information content (AvgIpc) is 3.18. The first-order chi connectivity index (χ1) is 15.5. The zero-order valence-electron chi connectivity index (χ0n) is 18.1. The Morgan fingerprint density at radius 1 is 0.969 bits per heavy atom. The van der Waals surface area contributed by atoms with Gasteiger partial charge in [0, 0.05) is 36.6 Å². The lowest BCUT2D eigenvalue weighted by atomic mass is 10.0. The van der Waals surface area contributed by atoms with E-state index in [9.17, 15) is 4.39 Å². The summed E-state index contributed by atoms with van der Waals surface area (Å²) in [6.45, 7) is 7.18. The van der Waals surface area contributed by atoms with E-state index in [-0.39, 0.29) is 11.1 Å². The second-order valence-corrected chi connectivity index (χ2v) is 9.46. The van der Waals surface area contributed by atoms with E-state index < -0.39 is 0 Å². The van der Waals surface area contributed by atoms with Gasteiger partial charge in [-0.2, -0.15) is 4.98 Å². The lowest BCUT2D eigenvalue weighted by Gasteiger charge is -2.37. The monoisotopic (exact) mass is 466 g/mol. The molecule has 3 heterocycles. The van der Waals surface area contributed by atoms with Crippen molar-refractivity contribution in [1.29, 1.82) is 0 Å². The molecule has 1 saturated heterocycles.